The third kappa shape index (κ3) is 1.66. The maximum Gasteiger partial charge on any atom is 0.420 e. The number of nitrogens with zero attached hydrogens (tertiary/aromatic N) is 1. The lowest BCUT2D eigenvalue weighted by Crippen LogP contribution is -2.12. The molecule has 1 aromatic carbocycles. The van der Waals surface area contributed by atoms with Gasteiger partial charge in [-0.1, -0.05) is 12.2 Å². The molecule has 0 atom stereocenters. The molecule has 0 fully saturated rings. The van der Waals surface area contributed by atoms with E-state index in [9.17, 15) is 4.79 Å². The molecule has 4 nitrogen and oxygen atoms in total. The predicted molar refractivity (Wildman–Crippen MR) is 59.7 cm³/mol. The fourth-order valence-electron chi connectivity index (χ4n) is 1.47. The van der Waals surface area contributed by atoms with E-state index in [4.69, 9.17) is 10.2 Å². The van der Waals surface area contributed by atoms with Crippen LogP contribution in [0.1, 0.15) is 6.92 Å². The first-order valence-corrected chi connectivity index (χ1v) is 4.72. The van der Waals surface area contributed by atoms with E-state index in [-0.39, 0.29) is 5.76 Å². The molecule has 0 aliphatic carbocycles. The Morgan fingerprint density at radius 2 is 2.33 bits per heavy atom. The third-order valence-corrected chi connectivity index (χ3v) is 2.22. The second-order valence-corrected chi connectivity index (χ2v) is 3.27. The number of benzene rings is 1. The average molecular weight is 204 g/mol. The molecule has 2 aromatic rings. The molecule has 2 rings (SSSR count). The van der Waals surface area contributed by atoms with Crippen LogP contribution in [0.3, 0.4) is 0 Å². The van der Waals surface area contributed by atoms with Gasteiger partial charge in [-0.05, 0) is 19.1 Å². The zero-order chi connectivity index (χ0) is 10.8. The highest BCUT2D eigenvalue weighted by Crippen LogP contribution is 2.16. The predicted octanol–water partition coefficient (Wildman–Crippen LogP) is 1.75. The third-order valence-electron chi connectivity index (χ3n) is 2.22. The lowest BCUT2D eigenvalue weighted by molar-refractivity contribution is 0.519. The molecule has 0 saturated carbocycles. The smallest absolute Gasteiger partial charge is 0.408 e. The summed E-state index contributed by atoms with van der Waals surface area (Å²) in [5, 5.41) is 0. The molecule has 1 heterocycles. The van der Waals surface area contributed by atoms with E-state index >= 15 is 0 Å². The minimum atomic E-state index is -0.353. The van der Waals surface area contributed by atoms with Gasteiger partial charge in [0.05, 0.1) is 5.52 Å². The van der Waals surface area contributed by atoms with Crippen LogP contribution in [0.2, 0.25) is 0 Å². The summed E-state index contributed by atoms with van der Waals surface area (Å²) in [6.45, 7) is 2.43. The molecule has 0 aliphatic heterocycles. The standard InChI is InChI=1S/C11H12N2O2/c1-2-3-6-13-9-5-4-8(12)7-10(9)15-11(13)14/h2-5,7H,6,12H2,1H3/b3-2+. The van der Waals surface area contributed by atoms with Gasteiger partial charge in [0, 0.05) is 18.3 Å². The van der Waals surface area contributed by atoms with Gasteiger partial charge in [0.25, 0.3) is 0 Å². The van der Waals surface area contributed by atoms with E-state index in [2.05, 4.69) is 0 Å². The van der Waals surface area contributed by atoms with E-state index in [0.717, 1.165) is 5.52 Å². The van der Waals surface area contributed by atoms with Crippen molar-refractivity contribution in [2.24, 2.45) is 0 Å². The average Bonchev–Trinajstić information content (AvgIpc) is 2.50. The van der Waals surface area contributed by atoms with Crippen molar-refractivity contribution < 1.29 is 4.42 Å². The summed E-state index contributed by atoms with van der Waals surface area (Å²) in [7, 11) is 0. The van der Waals surface area contributed by atoms with Gasteiger partial charge in [-0.2, -0.15) is 0 Å². The second kappa shape index (κ2) is 3.65. The Bertz CT molecular complexity index is 563. The van der Waals surface area contributed by atoms with E-state index in [1.165, 1.54) is 0 Å². The summed E-state index contributed by atoms with van der Waals surface area (Å²) >= 11 is 0. The summed E-state index contributed by atoms with van der Waals surface area (Å²) in [6, 6.07) is 5.20. The van der Waals surface area contributed by atoms with Crippen molar-refractivity contribution in [2.75, 3.05) is 5.73 Å². The van der Waals surface area contributed by atoms with Gasteiger partial charge in [-0.3, -0.25) is 4.57 Å². The molecule has 0 radical (unpaired) electrons. The first-order valence-electron chi connectivity index (χ1n) is 4.72. The van der Waals surface area contributed by atoms with E-state index in [1.807, 2.05) is 19.1 Å². The Morgan fingerprint density at radius 3 is 3.07 bits per heavy atom. The van der Waals surface area contributed by atoms with Crippen LogP contribution >= 0.6 is 0 Å². The SMILES string of the molecule is C/C=C/Cn1c(=O)oc2cc(N)ccc21. The van der Waals surface area contributed by atoms with Crippen molar-refractivity contribution >= 4 is 16.8 Å². The first kappa shape index (κ1) is 9.58. The van der Waals surface area contributed by atoms with Gasteiger partial charge in [0.15, 0.2) is 5.58 Å². The summed E-state index contributed by atoms with van der Waals surface area (Å²) in [6.07, 6.45) is 3.79. The fourth-order valence-corrected chi connectivity index (χ4v) is 1.47. The molecular weight excluding hydrogens is 192 g/mol. The van der Waals surface area contributed by atoms with E-state index in [1.54, 1.807) is 22.8 Å². The summed E-state index contributed by atoms with van der Waals surface area (Å²) in [4.78, 5) is 11.5. The number of hydrogen-bond acceptors (Lipinski definition) is 3. The Balaban J connectivity index is 2.63. The number of hydrogen-bond donors (Lipinski definition) is 1. The number of rotatable bonds is 2. The molecule has 2 N–H and O–H groups in total. The van der Waals surface area contributed by atoms with Crippen molar-refractivity contribution in [3.8, 4) is 0 Å². The molecule has 78 valence electrons. The van der Waals surface area contributed by atoms with Crippen molar-refractivity contribution in [3.05, 3.63) is 40.9 Å². The van der Waals surface area contributed by atoms with Crippen LogP contribution in [0.15, 0.2) is 39.6 Å². The Hall–Kier alpha value is -1.97. The molecule has 0 amide bonds. The number of nitrogens with two attached hydrogens (primary N) is 1. The highest BCUT2D eigenvalue weighted by atomic mass is 16.4. The summed E-state index contributed by atoms with van der Waals surface area (Å²) in [5.74, 6) is -0.353. The number of nitrogen functional groups attached to an aromatic ring is 1. The highest BCUT2D eigenvalue weighted by Gasteiger charge is 2.07. The van der Waals surface area contributed by atoms with Crippen LogP contribution in [0, 0.1) is 0 Å². The summed E-state index contributed by atoms with van der Waals surface area (Å²) in [5.41, 5.74) is 7.49. The van der Waals surface area contributed by atoms with Crippen molar-refractivity contribution in [2.45, 2.75) is 13.5 Å². The maximum absolute atomic E-state index is 11.5. The van der Waals surface area contributed by atoms with Crippen LogP contribution in [0.4, 0.5) is 5.69 Å². The number of oxazole rings is 1. The maximum atomic E-state index is 11.5. The lowest BCUT2D eigenvalue weighted by atomic mass is 10.3. The topological polar surface area (TPSA) is 61.2 Å². The fraction of sp³-hybridized carbons (Fsp3) is 0.182. The first-order chi connectivity index (χ1) is 7.22. The van der Waals surface area contributed by atoms with Crippen molar-refractivity contribution in [3.63, 3.8) is 0 Å². The van der Waals surface area contributed by atoms with Crippen molar-refractivity contribution in [1.29, 1.82) is 0 Å². The number of aromatic nitrogens is 1. The molecule has 0 unspecified atom stereocenters. The van der Waals surface area contributed by atoms with Gasteiger partial charge in [-0.15, -0.1) is 0 Å². The molecule has 0 aliphatic rings. The summed E-state index contributed by atoms with van der Waals surface area (Å²) < 4.78 is 6.63. The molecule has 4 heteroatoms. The lowest BCUT2D eigenvalue weighted by Gasteiger charge is -1.96. The van der Waals surface area contributed by atoms with E-state index in [0.29, 0.717) is 17.8 Å². The Morgan fingerprint density at radius 1 is 1.53 bits per heavy atom. The van der Waals surface area contributed by atoms with Crippen molar-refractivity contribution in [1.82, 2.24) is 4.57 Å². The van der Waals surface area contributed by atoms with Crippen LogP contribution < -0.4 is 11.5 Å². The molecule has 15 heavy (non-hydrogen) atoms. The number of fused-ring (bicyclic) bond motifs is 1. The molecular formula is C11H12N2O2. The highest BCUT2D eigenvalue weighted by molar-refractivity contribution is 5.76. The van der Waals surface area contributed by atoms with Crippen LogP contribution in [-0.2, 0) is 6.54 Å². The van der Waals surface area contributed by atoms with Crippen LogP contribution in [0.5, 0.6) is 0 Å². The quantitative estimate of drug-likeness (QED) is 0.598. The number of anilines is 1. The van der Waals surface area contributed by atoms with Gasteiger partial charge < -0.3 is 10.2 Å². The largest absolute Gasteiger partial charge is 0.420 e. The zero-order valence-corrected chi connectivity index (χ0v) is 8.43. The van der Waals surface area contributed by atoms with Gasteiger partial charge in [-0.25, -0.2) is 4.79 Å². The second-order valence-electron chi connectivity index (χ2n) is 3.27. The molecule has 0 saturated heterocycles. The van der Waals surface area contributed by atoms with Crippen LogP contribution in [-0.4, -0.2) is 4.57 Å². The zero-order valence-electron chi connectivity index (χ0n) is 8.43. The number of allylic oxidation sites excluding steroid dienone is 2. The minimum absolute atomic E-state index is 0.353. The Kier molecular flexibility index (Phi) is 2.33. The van der Waals surface area contributed by atoms with Gasteiger partial charge in [0.1, 0.15) is 0 Å². The monoisotopic (exact) mass is 204 g/mol. The van der Waals surface area contributed by atoms with Gasteiger partial charge in [0.2, 0.25) is 0 Å². The molecule has 1 aromatic heterocycles. The minimum Gasteiger partial charge on any atom is -0.408 e. The Labute approximate surface area is 86.6 Å². The van der Waals surface area contributed by atoms with Gasteiger partial charge >= 0.3 is 5.76 Å². The molecule has 0 bridgehead atoms. The van der Waals surface area contributed by atoms with E-state index < -0.39 is 0 Å². The van der Waals surface area contributed by atoms with Crippen LogP contribution in [0.25, 0.3) is 11.1 Å². The normalized spacial score (nSPS) is 11.5. The molecule has 0 spiro atoms.